The van der Waals surface area contributed by atoms with Crippen LogP contribution in [0.25, 0.3) is 0 Å². The molecule has 5 rings (SSSR count). The quantitative estimate of drug-likeness (QED) is 0.671. The van der Waals surface area contributed by atoms with Gasteiger partial charge in [0.25, 0.3) is 0 Å². The third-order valence-electron chi connectivity index (χ3n) is 5.83. The highest BCUT2D eigenvalue weighted by molar-refractivity contribution is 7.09. The van der Waals surface area contributed by atoms with E-state index in [4.69, 9.17) is 11.6 Å². The average molecular weight is 415 g/mol. The fraction of sp³-hybridized carbons (Fsp3) is 0.429. The largest absolute Gasteiger partial charge is 0.390 e. The lowest BCUT2D eigenvalue weighted by Crippen LogP contribution is -2.46. The molecule has 2 aromatic heterocycles. The van der Waals surface area contributed by atoms with Crippen molar-refractivity contribution in [1.82, 2.24) is 19.9 Å². The molecule has 2 fully saturated rings. The smallest absolute Gasteiger partial charge is 0.0892 e. The van der Waals surface area contributed by atoms with Crippen LogP contribution < -0.4 is 0 Å². The van der Waals surface area contributed by atoms with Gasteiger partial charge >= 0.3 is 0 Å². The van der Waals surface area contributed by atoms with Crippen molar-refractivity contribution in [3.05, 3.63) is 69.1 Å². The van der Waals surface area contributed by atoms with Crippen LogP contribution >= 0.6 is 22.9 Å². The second kappa shape index (κ2) is 7.59. The molecule has 1 aromatic carbocycles. The summed E-state index contributed by atoms with van der Waals surface area (Å²) in [5.41, 5.74) is 2.29. The molecule has 3 unspecified atom stereocenters. The molecule has 146 valence electrons. The molecule has 5 nitrogen and oxygen atoms in total. The van der Waals surface area contributed by atoms with Crippen molar-refractivity contribution in [2.75, 3.05) is 6.54 Å². The molecule has 28 heavy (non-hydrogen) atoms. The minimum Gasteiger partial charge on any atom is -0.390 e. The highest BCUT2D eigenvalue weighted by atomic mass is 35.5. The molecule has 0 radical (unpaired) electrons. The molecule has 0 bridgehead atoms. The lowest BCUT2D eigenvalue weighted by Gasteiger charge is -2.42. The molecule has 3 aromatic rings. The maximum absolute atomic E-state index is 10.9. The molecule has 3 heterocycles. The zero-order valence-electron chi connectivity index (χ0n) is 15.5. The molecule has 3 atom stereocenters. The van der Waals surface area contributed by atoms with Crippen molar-refractivity contribution >= 4 is 22.9 Å². The van der Waals surface area contributed by atoms with Gasteiger partial charge in [0.15, 0.2) is 0 Å². The zero-order chi connectivity index (χ0) is 19.1. The fourth-order valence-corrected chi connectivity index (χ4v) is 4.99. The number of hydrogen-bond acceptors (Lipinski definition) is 5. The summed E-state index contributed by atoms with van der Waals surface area (Å²) in [6.07, 6.45) is 4.76. The third-order valence-corrected chi connectivity index (χ3v) is 6.94. The molecular formula is C21H23ClN4OS. The van der Waals surface area contributed by atoms with Crippen LogP contribution in [0, 0.1) is 0 Å². The summed E-state index contributed by atoms with van der Waals surface area (Å²) < 4.78 is 1.89. The fourth-order valence-electron chi connectivity index (χ4n) is 4.14. The standard InChI is InChI=1S/C21H23ClN4OS/c22-16-7-5-15(6-8-16)19-10-20(26-12-18(23-24-26)14-3-4-14)21(27)13-25(19)11-17-2-1-9-28-17/h1-2,5-9,12,14,19-21,27H,3-4,10-11,13H2. The number of aliphatic hydroxyl groups excluding tert-OH is 1. The normalized spacial score (nSPS) is 25.9. The summed E-state index contributed by atoms with van der Waals surface area (Å²) in [5, 5.41) is 22.5. The van der Waals surface area contributed by atoms with Gasteiger partial charge in [0.1, 0.15) is 0 Å². The molecule has 0 amide bonds. The van der Waals surface area contributed by atoms with Gasteiger partial charge in [-0.2, -0.15) is 0 Å². The number of halogens is 1. The number of hydrogen-bond donors (Lipinski definition) is 1. The Balaban J connectivity index is 1.43. The van der Waals surface area contributed by atoms with E-state index in [9.17, 15) is 5.11 Å². The second-order valence-corrected chi connectivity index (χ2v) is 9.31. The van der Waals surface area contributed by atoms with Gasteiger partial charge in [0.2, 0.25) is 0 Å². The van der Waals surface area contributed by atoms with Gasteiger partial charge in [0, 0.05) is 41.1 Å². The van der Waals surface area contributed by atoms with Gasteiger partial charge in [-0.15, -0.1) is 16.4 Å². The van der Waals surface area contributed by atoms with Gasteiger partial charge in [0.05, 0.1) is 17.8 Å². The van der Waals surface area contributed by atoms with Crippen LogP contribution in [0.15, 0.2) is 48.0 Å². The summed E-state index contributed by atoms with van der Waals surface area (Å²) in [5.74, 6) is 0.567. The lowest BCUT2D eigenvalue weighted by molar-refractivity contribution is -0.0131. The predicted molar refractivity (Wildman–Crippen MR) is 111 cm³/mol. The monoisotopic (exact) mass is 414 g/mol. The topological polar surface area (TPSA) is 54.2 Å². The Morgan fingerprint density at radius 2 is 2.00 bits per heavy atom. The zero-order valence-corrected chi connectivity index (χ0v) is 17.1. The first-order chi connectivity index (χ1) is 13.7. The summed E-state index contributed by atoms with van der Waals surface area (Å²) >= 11 is 7.87. The molecule has 7 heteroatoms. The molecule has 0 spiro atoms. The van der Waals surface area contributed by atoms with Gasteiger partial charge < -0.3 is 5.11 Å². The molecule has 1 saturated carbocycles. The lowest BCUT2D eigenvalue weighted by atomic mass is 9.90. The van der Waals surface area contributed by atoms with Gasteiger partial charge in [-0.25, -0.2) is 4.68 Å². The number of rotatable bonds is 5. The first-order valence-electron chi connectivity index (χ1n) is 9.79. The molecule has 1 saturated heterocycles. The molecule has 1 aliphatic carbocycles. The van der Waals surface area contributed by atoms with E-state index in [1.807, 2.05) is 23.0 Å². The van der Waals surface area contributed by atoms with E-state index >= 15 is 0 Å². The summed E-state index contributed by atoms with van der Waals surface area (Å²) in [6.45, 7) is 1.44. The highest BCUT2D eigenvalue weighted by Crippen LogP contribution is 2.41. The second-order valence-electron chi connectivity index (χ2n) is 7.84. The van der Waals surface area contributed by atoms with Crippen LogP contribution in [0.3, 0.4) is 0 Å². The minimum absolute atomic E-state index is 0.0692. The SMILES string of the molecule is OC1CN(Cc2cccs2)C(c2ccc(Cl)cc2)CC1n1cc(C2CC2)nn1. The Hall–Kier alpha value is -1.73. The molecule has 1 N–H and O–H groups in total. The van der Waals surface area contributed by atoms with Crippen molar-refractivity contribution in [2.24, 2.45) is 0 Å². The van der Waals surface area contributed by atoms with Crippen molar-refractivity contribution in [2.45, 2.75) is 49.9 Å². The summed E-state index contributed by atoms with van der Waals surface area (Å²) in [6, 6.07) is 12.4. The van der Waals surface area contributed by atoms with E-state index < -0.39 is 6.10 Å². The number of likely N-dealkylation sites (tertiary alicyclic amines) is 1. The maximum Gasteiger partial charge on any atom is 0.0892 e. The number of nitrogens with zero attached hydrogens (tertiary/aromatic N) is 4. The van der Waals surface area contributed by atoms with Crippen LogP contribution in [0.1, 0.15) is 53.4 Å². The summed E-state index contributed by atoms with van der Waals surface area (Å²) in [7, 11) is 0. The maximum atomic E-state index is 10.9. The highest BCUT2D eigenvalue weighted by Gasteiger charge is 2.38. The van der Waals surface area contributed by atoms with E-state index in [1.54, 1.807) is 11.3 Å². The van der Waals surface area contributed by atoms with Gasteiger partial charge in [-0.05, 0) is 48.4 Å². The van der Waals surface area contributed by atoms with E-state index in [1.165, 1.54) is 23.3 Å². The van der Waals surface area contributed by atoms with E-state index in [2.05, 4.69) is 44.9 Å². The van der Waals surface area contributed by atoms with E-state index in [0.29, 0.717) is 12.5 Å². The summed E-state index contributed by atoms with van der Waals surface area (Å²) in [4.78, 5) is 3.68. The van der Waals surface area contributed by atoms with Crippen molar-refractivity contribution < 1.29 is 5.11 Å². The van der Waals surface area contributed by atoms with Crippen LogP contribution in [0.2, 0.25) is 5.02 Å². The number of thiophene rings is 1. The van der Waals surface area contributed by atoms with Crippen LogP contribution in [-0.4, -0.2) is 37.6 Å². The Morgan fingerprint density at radius 3 is 2.71 bits per heavy atom. The van der Waals surface area contributed by atoms with Crippen LogP contribution in [0.5, 0.6) is 0 Å². The van der Waals surface area contributed by atoms with Crippen molar-refractivity contribution in [3.63, 3.8) is 0 Å². The average Bonchev–Trinajstić information content (AvgIpc) is 3.20. The predicted octanol–water partition coefficient (Wildman–Crippen LogP) is 4.42. The van der Waals surface area contributed by atoms with Crippen molar-refractivity contribution in [1.29, 1.82) is 0 Å². The third kappa shape index (κ3) is 3.74. The molecule has 2 aliphatic rings. The van der Waals surface area contributed by atoms with E-state index in [-0.39, 0.29) is 12.1 Å². The van der Waals surface area contributed by atoms with Gasteiger partial charge in [-0.1, -0.05) is 35.0 Å². The number of β-amino-alcohol motifs (C(OH)–C–C–N with tert-alkyl or cyclic N) is 1. The number of aliphatic hydroxyl groups is 1. The number of piperidine rings is 1. The Labute approximate surface area is 173 Å². The van der Waals surface area contributed by atoms with Crippen LogP contribution in [0.4, 0.5) is 0 Å². The molecule has 1 aliphatic heterocycles. The van der Waals surface area contributed by atoms with E-state index in [0.717, 1.165) is 23.7 Å². The first kappa shape index (κ1) is 18.3. The Kier molecular flexibility index (Phi) is 4.97. The Bertz CT molecular complexity index is 922. The van der Waals surface area contributed by atoms with Gasteiger partial charge in [-0.3, -0.25) is 4.90 Å². The Morgan fingerprint density at radius 1 is 1.18 bits per heavy atom. The minimum atomic E-state index is -0.475. The molecular weight excluding hydrogens is 392 g/mol. The number of benzene rings is 1. The number of aromatic nitrogens is 3. The van der Waals surface area contributed by atoms with Crippen LogP contribution in [-0.2, 0) is 6.54 Å². The first-order valence-corrected chi connectivity index (χ1v) is 11.0. The van der Waals surface area contributed by atoms with Crippen molar-refractivity contribution in [3.8, 4) is 0 Å².